The lowest BCUT2D eigenvalue weighted by Crippen LogP contribution is -2.39. The van der Waals surface area contributed by atoms with Crippen molar-refractivity contribution in [1.29, 1.82) is 0 Å². The first-order valence-electron chi connectivity index (χ1n) is 6.87. The zero-order chi connectivity index (χ0) is 14.4. The zero-order valence-corrected chi connectivity index (χ0v) is 12.7. The molecule has 1 unspecified atom stereocenters. The molecule has 4 heteroatoms. The van der Waals surface area contributed by atoms with E-state index in [9.17, 15) is 4.79 Å². The summed E-state index contributed by atoms with van der Waals surface area (Å²) in [5.41, 5.74) is 6.83. The van der Waals surface area contributed by atoms with E-state index < -0.39 is 0 Å². The standard InChI is InChI=1S/C15H23ClN2O/c1-4-6-9-18(11(3)5-2)15(19)12-7-8-13(16)14(17)10-12/h7-8,10-11H,4-6,9,17H2,1-3H3. The average Bonchev–Trinajstić information content (AvgIpc) is 2.41. The van der Waals surface area contributed by atoms with Crippen molar-refractivity contribution >= 4 is 23.2 Å². The molecular weight excluding hydrogens is 260 g/mol. The first-order valence-corrected chi connectivity index (χ1v) is 7.25. The maximum Gasteiger partial charge on any atom is 0.254 e. The van der Waals surface area contributed by atoms with Crippen LogP contribution < -0.4 is 5.73 Å². The van der Waals surface area contributed by atoms with Crippen LogP contribution in [0, 0.1) is 0 Å². The van der Waals surface area contributed by atoms with E-state index in [0.29, 0.717) is 16.3 Å². The van der Waals surface area contributed by atoms with E-state index in [4.69, 9.17) is 17.3 Å². The summed E-state index contributed by atoms with van der Waals surface area (Å²) in [5.74, 6) is 0.0335. The van der Waals surface area contributed by atoms with Crippen LogP contribution in [-0.4, -0.2) is 23.4 Å². The minimum absolute atomic E-state index is 0.0335. The molecule has 0 fully saturated rings. The lowest BCUT2D eigenvalue weighted by molar-refractivity contribution is 0.0685. The van der Waals surface area contributed by atoms with Crippen molar-refractivity contribution in [3.8, 4) is 0 Å². The van der Waals surface area contributed by atoms with Crippen molar-refractivity contribution in [2.45, 2.75) is 46.1 Å². The Bertz CT molecular complexity index is 434. The molecule has 1 aromatic carbocycles. The molecule has 1 atom stereocenters. The van der Waals surface area contributed by atoms with Gasteiger partial charge in [-0.3, -0.25) is 4.79 Å². The van der Waals surface area contributed by atoms with E-state index in [1.165, 1.54) is 0 Å². The molecule has 0 saturated heterocycles. The van der Waals surface area contributed by atoms with E-state index in [-0.39, 0.29) is 11.9 Å². The Balaban J connectivity index is 2.94. The summed E-state index contributed by atoms with van der Waals surface area (Å²) in [6, 6.07) is 5.31. The number of unbranched alkanes of at least 4 members (excludes halogenated alkanes) is 1. The third-order valence-electron chi connectivity index (χ3n) is 3.38. The number of anilines is 1. The fourth-order valence-electron chi connectivity index (χ4n) is 1.91. The maximum atomic E-state index is 12.5. The number of nitrogens with two attached hydrogens (primary N) is 1. The molecule has 1 rings (SSSR count). The van der Waals surface area contributed by atoms with Crippen molar-refractivity contribution in [2.24, 2.45) is 0 Å². The number of halogens is 1. The number of hydrogen-bond donors (Lipinski definition) is 1. The molecule has 1 amide bonds. The molecule has 0 aromatic heterocycles. The van der Waals surface area contributed by atoms with E-state index in [0.717, 1.165) is 25.8 Å². The quantitative estimate of drug-likeness (QED) is 0.803. The normalized spacial score (nSPS) is 12.2. The van der Waals surface area contributed by atoms with Crippen LogP contribution >= 0.6 is 11.6 Å². The van der Waals surface area contributed by atoms with Gasteiger partial charge in [-0.05, 0) is 38.0 Å². The highest BCUT2D eigenvalue weighted by Gasteiger charge is 2.20. The number of hydrogen-bond acceptors (Lipinski definition) is 2. The number of carbonyl (C=O) groups is 1. The highest BCUT2D eigenvalue weighted by atomic mass is 35.5. The fraction of sp³-hybridized carbons (Fsp3) is 0.533. The summed E-state index contributed by atoms with van der Waals surface area (Å²) >= 11 is 5.89. The molecule has 106 valence electrons. The largest absolute Gasteiger partial charge is 0.398 e. The molecule has 0 heterocycles. The van der Waals surface area contributed by atoms with Crippen LogP contribution in [0.1, 0.15) is 50.4 Å². The Labute approximate surface area is 120 Å². The predicted octanol–water partition coefficient (Wildman–Crippen LogP) is 3.96. The second-order valence-corrected chi connectivity index (χ2v) is 5.25. The molecule has 0 aliphatic rings. The van der Waals surface area contributed by atoms with Crippen molar-refractivity contribution in [3.05, 3.63) is 28.8 Å². The van der Waals surface area contributed by atoms with Gasteiger partial charge in [0, 0.05) is 18.2 Å². The number of rotatable bonds is 6. The van der Waals surface area contributed by atoms with Gasteiger partial charge in [0.15, 0.2) is 0 Å². The molecule has 2 N–H and O–H groups in total. The van der Waals surface area contributed by atoms with Crippen molar-refractivity contribution in [3.63, 3.8) is 0 Å². The van der Waals surface area contributed by atoms with Gasteiger partial charge in [0.1, 0.15) is 0 Å². The Morgan fingerprint density at radius 3 is 2.63 bits per heavy atom. The van der Waals surface area contributed by atoms with Gasteiger partial charge in [-0.2, -0.15) is 0 Å². The second kappa shape index (κ2) is 7.39. The van der Waals surface area contributed by atoms with Crippen LogP contribution in [0.15, 0.2) is 18.2 Å². The summed E-state index contributed by atoms with van der Waals surface area (Å²) in [7, 11) is 0. The number of amides is 1. The topological polar surface area (TPSA) is 46.3 Å². The van der Waals surface area contributed by atoms with E-state index in [1.54, 1.807) is 18.2 Å². The Hall–Kier alpha value is -1.22. The van der Waals surface area contributed by atoms with Gasteiger partial charge in [-0.15, -0.1) is 0 Å². The molecule has 19 heavy (non-hydrogen) atoms. The first-order chi connectivity index (χ1) is 9.01. The van der Waals surface area contributed by atoms with Gasteiger partial charge in [-0.25, -0.2) is 0 Å². The molecule has 0 aliphatic heterocycles. The van der Waals surface area contributed by atoms with Gasteiger partial charge in [0.25, 0.3) is 5.91 Å². The van der Waals surface area contributed by atoms with Crippen LogP contribution in [0.3, 0.4) is 0 Å². The van der Waals surface area contributed by atoms with Crippen LogP contribution in [0.4, 0.5) is 5.69 Å². The van der Waals surface area contributed by atoms with Crippen LogP contribution in [0.5, 0.6) is 0 Å². The molecule has 0 aliphatic carbocycles. The molecule has 0 bridgehead atoms. The van der Waals surface area contributed by atoms with E-state index in [2.05, 4.69) is 20.8 Å². The molecule has 0 saturated carbocycles. The van der Waals surface area contributed by atoms with Gasteiger partial charge in [0.2, 0.25) is 0 Å². The highest BCUT2D eigenvalue weighted by molar-refractivity contribution is 6.33. The third kappa shape index (κ3) is 4.13. The van der Waals surface area contributed by atoms with Crippen LogP contribution in [0.2, 0.25) is 5.02 Å². The van der Waals surface area contributed by atoms with Gasteiger partial charge in [0.05, 0.1) is 10.7 Å². The highest BCUT2D eigenvalue weighted by Crippen LogP contribution is 2.21. The minimum atomic E-state index is 0.0335. The fourth-order valence-corrected chi connectivity index (χ4v) is 2.03. The lowest BCUT2D eigenvalue weighted by atomic mass is 10.1. The lowest BCUT2D eigenvalue weighted by Gasteiger charge is -2.28. The zero-order valence-electron chi connectivity index (χ0n) is 11.9. The van der Waals surface area contributed by atoms with Gasteiger partial charge in [-0.1, -0.05) is 31.9 Å². The van der Waals surface area contributed by atoms with Crippen LogP contribution in [-0.2, 0) is 0 Å². The minimum Gasteiger partial charge on any atom is -0.398 e. The Morgan fingerprint density at radius 1 is 1.42 bits per heavy atom. The maximum absolute atomic E-state index is 12.5. The summed E-state index contributed by atoms with van der Waals surface area (Å²) in [6.45, 7) is 7.08. The molecule has 3 nitrogen and oxygen atoms in total. The average molecular weight is 283 g/mol. The van der Waals surface area contributed by atoms with E-state index >= 15 is 0 Å². The van der Waals surface area contributed by atoms with Gasteiger partial charge < -0.3 is 10.6 Å². The monoisotopic (exact) mass is 282 g/mol. The Kier molecular flexibility index (Phi) is 6.16. The molecule has 0 spiro atoms. The number of nitrogens with zero attached hydrogens (tertiary/aromatic N) is 1. The van der Waals surface area contributed by atoms with Crippen molar-refractivity contribution < 1.29 is 4.79 Å². The molecular formula is C15H23ClN2O. The first kappa shape index (κ1) is 15.8. The van der Waals surface area contributed by atoms with Crippen molar-refractivity contribution in [2.75, 3.05) is 12.3 Å². The van der Waals surface area contributed by atoms with Gasteiger partial charge >= 0.3 is 0 Å². The second-order valence-electron chi connectivity index (χ2n) is 4.85. The number of benzene rings is 1. The smallest absolute Gasteiger partial charge is 0.254 e. The number of nitrogen functional groups attached to an aromatic ring is 1. The summed E-state index contributed by atoms with van der Waals surface area (Å²) < 4.78 is 0. The molecule has 0 radical (unpaired) electrons. The predicted molar refractivity (Wildman–Crippen MR) is 81.6 cm³/mol. The SMILES string of the molecule is CCCCN(C(=O)c1ccc(Cl)c(N)c1)C(C)CC. The summed E-state index contributed by atoms with van der Waals surface area (Å²) in [4.78, 5) is 14.5. The molecule has 1 aromatic rings. The Morgan fingerprint density at radius 2 is 2.11 bits per heavy atom. The summed E-state index contributed by atoms with van der Waals surface area (Å²) in [5, 5.41) is 0.486. The van der Waals surface area contributed by atoms with Crippen LogP contribution in [0.25, 0.3) is 0 Å². The van der Waals surface area contributed by atoms with E-state index in [1.807, 2.05) is 4.90 Å². The third-order valence-corrected chi connectivity index (χ3v) is 3.72. The summed E-state index contributed by atoms with van der Waals surface area (Å²) in [6.07, 6.45) is 3.03. The van der Waals surface area contributed by atoms with Crippen molar-refractivity contribution in [1.82, 2.24) is 4.90 Å². The number of carbonyl (C=O) groups excluding carboxylic acids is 1.